The Hall–Kier alpha value is -2.50. The van der Waals surface area contributed by atoms with Crippen LogP contribution in [0.3, 0.4) is 0 Å². The number of nitrogens with one attached hydrogen (secondary N) is 1. The molecule has 0 bridgehead atoms. The van der Waals surface area contributed by atoms with Gasteiger partial charge in [0.2, 0.25) is 0 Å². The van der Waals surface area contributed by atoms with Gasteiger partial charge in [0.05, 0.1) is 21.1 Å². The van der Waals surface area contributed by atoms with Crippen molar-refractivity contribution in [2.75, 3.05) is 12.4 Å². The number of hydrogen-bond acceptors (Lipinski definition) is 5. The van der Waals surface area contributed by atoms with Gasteiger partial charge in [0.25, 0.3) is 0 Å². The van der Waals surface area contributed by atoms with Crippen molar-refractivity contribution in [1.82, 2.24) is 4.98 Å². The van der Waals surface area contributed by atoms with Crippen molar-refractivity contribution in [3.05, 3.63) is 58.8 Å². The summed E-state index contributed by atoms with van der Waals surface area (Å²) in [6.07, 6.45) is 0.901. The third kappa shape index (κ3) is 2.42. The Labute approximate surface area is 147 Å². The van der Waals surface area contributed by atoms with Crippen LogP contribution in [0.5, 0.6) is 0 Å². The topological polar surface area (TPSA) is 42.0 Å². The molecule has 0 spiro atoms. The van der Waals surface area contributed by atoms with E-state index in [1.165, 1.54) is 11.3 Å². The number of benzene rings is 1. The van der Waals surface area contributed by atoms with Gasteiger partial charge < -0.3 is 5.32 Å². The molecule has 3 aromatic heterocycles. The molecule has 4 rings (SSSR count). The normalized spacial score (nSPS) is 10.9. The molecule has 118 valence electrons. The fraction of sp³-hybridized carbons (Fsp3) is 0.0526. The fourth-order valence-electron chi connectivity index (χ4n) is 2.84. The minimum absolute atomic E-state index is 0.681. The lowest BCUT2D eigenvalue weighted by Crippen LogP contribution is -1.92. The molecule has 0 fully saturated rings. The van der Waals surface area contributed by atoms with Crippen molar-refractivity contribution in [1.29, 1.82) is 0 Å². The van der Waals surface area contributed by atoms with Crippen molar-refractivity contribution in [2.24, 2.45) is 0 Å². The van der Waals surface area contributed by atoms with Gasteiger partial charge in [-0.15, -0.1) is 22.7 Å². The first-order valence-corrected chi connectivity index (χ1v) is 9.21. The highest BCUT2D eigenvalue weighted by molar-refractivity contribution is 7.21. The van der Waals surface area contributed by atoms with Crippen LogP contribution in [0.2, 0.25) is 0 Å². The van der Waals surface area contributed by atoms with Crippen LogP contribution < -0.4 is 5.32 Å². The number of aldehydes is 1. The lowest BCUT2D eigenvalue weighted by molar-refractivity contribution is 0.112. The Bertz CT molecular complexity index is 1000. The summed E-state index contributed by atoms with van der Waals surface area (Å²) in [7, 11) is 1.84. The van der Waals surface area contributed by atoms with Crippen LogP contribution in [-0.4, -0.2) is 18.3 Å². The van der Waals surface area contributed by atoms with E-state index in [-0.39, 0.29) is 0 Å². The number of carbonyl (C=O) groups is 1. The van der Waals surface area contributed by atoms with E-state index in [0.29, 0.717) is 4.88 Å². The third-order valence-corrected chi connectivity index (χ3v) is 5.81. The molecular weight excluding hydrogens is 336 g/mol. The monoisotopic (exact) mass is 350 g/mol. The number of aromatic nitrogens is 1. The van der Waals surface area contributed by atoms with E-state index in [1.807, 2.05) is 36.7 Å². The fourth-order valence-corrected chi connectivity index (χ4v) is 4.55. The number of carbonyl (C=O) groups excluding carboxylic acids is 1. The lowest BCUT2D eigenvalue weighted by Gasteiger charge is -2.09. The lowest BCUT2D eigenvalue weighted by atomic mass is 10.0. The first kappa shape index (κ1) is 15.1. The van der Waals surface area contributed by atoms with Crippen LogP contribution in [0.15, 0.2) is 53.9 Å². The van der Waals surface area contributed by atoms with Crippen LogP contribution in [0.1, 0.15) is 9.67 Å². The number of nitrogens with zero attached hydrogens (tertiary/aromatic N) is 1. The van der Waals surface area contributed by atoms with Gasteiger partial charge in [0.15, 0.2) is 6.29 Å². The molecule has 24 heavy (non-hydrogen) atoms. The van der Waals surface area contributed by atoms with Gasteiger partial charge in [-0.1, -0.05) is 36.4 Å². The summed E-state index contributed by atoms with van der Waals surface area (Å²) in [5.41, 5.74) is 4.01. The predicted molar refractivity (Wildman–Crippen MR) is 103 cm³/mol. The Morgan fingerprint density at radius 2 is 1.96 bits per heavy atom. The molecule has 1 aromatic carbocycles. The maximum Gasteiger partial charge on any atom is 0.162 e. The van der Waals surface area contributed by atoms with Crippen molar-refractivity contribution < 1.29 is 4.79 Å². The number of anilines is 1. The number of rotatable bonds is 4. The second-order valence-electron chi connectivity index (χ2n) is 5.29. The predicted octanol–water partition coefficient (Wildman–Crippen LogP) is 5.55. The van der Waals surface area contributed by atoms with Gasteiger partial charge in [0, 0.05) is 12.4 Å². The van der Waals surface area contributed by atoms with Crippen LogP contribution >= 0.6 is 22.7 Å². The summed E-state index contributed by atoms with van der Waals surface area (Å²) in [5.74, 6) is 0. The van der Waals surface area contributed by atoms with Crippen molar-refractivity contribution in [2.45, 2.75) is 0 Å². The van der Waals surface area contributed by atoms with E-state index >= 15 is 0 Å². The highest BCUT2D eigenvalue weighted by Crippen LogP contribution is 2.42. The highest BCUT2D eigenvalue weighted by Gasteiger charge is 2.18. The molecule has 0 saturated heterocycles. The zero-order valence-corrected chi connectivity index (χ0v) is 14.6. The average Bonchev–Trinajstić information content (AvgIpc) is 3.28. The standard InChI is InChI=1S/C19H14N2OS2/c1-20-18-16(11-22)24-19-17(18)13(12-6-3-2-4-7-12)10-14(21-19)15-8-5-9-23-15/h2-11,20H,1H3. The number of hydrogen-bond donors (Lipinski definition) is 1. The Kier molecular flexibility index (Phi) is 3.88. The molecule has 5 heteroatoms. The number of pyridine rings is 1. The molecule has 1 N–H and O–H groups in total. The van der Waals surface area contributed by atoms with Crippen LogP contribution in [0.25, 0.3) is 31.9 Å². The molecule has 0 unspecified atom stereocenters. The molecule has 0 atom stereocenters. The third-order valence-electron chi connectivity index (χ3n) is 3.90. The quantitative estimate of drug-likeness (QED) is 0.491. The second-order valence-corrected chi connectivity index (χ2v) is 7.27. The van der Waals surface area contributed by atoms with E-state index in [9.17, 15) is 4.79 Å². The van der Waals surface area contributed by atoms with Crippen LogP contribution in [0, 0.1) is 0 Å². The van der Waals surface area contributed by atoms with Gasteiger partial charge in [0.1, 0.15) is 4.83 Å². The first-order chi connectivity index (χ1) is 11.8. The summed E-state index contributed by atoms with van der Waals surface area (Å²) in [6.45, 7) is 0. The average molecular weight is 350 g/mol. The summed E-state index contributed by atoms with van der Waals surface area (Å²) >= 11 is 3.10. The van der Waals surface area contributed by atoms with E-state index in [2.05, 4.69) is 29.6 Å². The Morgan fingerprint density at radius 1 is 1.12 bits per heavy atom. The smallest absolute Gasteiger partial charge is 0.162 e. The van der Waals surface area contributed by atoms with Gasteiger partial charge in [-0.3, -0.25) is 4.79 Å². The maximum atomic E-state index is 11.5. The molecule has 0 amide bonds. The molecule has 3 heterocycles. The molecule has 0 radical (unpaired) electrons. The highest BCUT2D eigenvalue weighted by atomic mass is 32.1. The summed E-state index contributed by atoms with van der Waals surface area (Å²) in [4.78, 5) is 19.0. The zero-order valence-electron chi connectivity index (χ0n) is 12.9. The zero-order chi connectivity index (χ0) is 16.5. The summed E-state index contributed by atoms with van der Waals surface area (Å²) in [5, 5.41) is 6.24. The molecule has 0 aliphatic heterocycles. The minimum atomic E-state index is 0.681. The van der Waals surface area contributed by atoms with E-state index < -0.39 is 0 Å². The Morgan fingerprint density at radius 3 is 2.62 bits per heavy atom. The molecule has 0 saturated carbocycles. The number of thiophene rings is 2. The largest absolute Gasteiger partial charge is 0.386 e. The van der Waals surface area contributed by atoms with Crippen LogP contribution in [0.4, 0.5) is 5.69 Å². The second kappa shape index (κ2) is 6.19. The van der Waals surface area contributed by atoms with Gasteiger partial charge in [-0.2, -0.15) is 0 Å². The molecule has 4 aromatic rings. The number of fused-ring (bicyclic) bond motifs is 1. The van der Waals surface area contributed by atoms with Gasteiger partial charge in [-0.25, -0.2) is 4.98 Å². The van der Waals surface area contributed by atoms with E-state index in [4.69, 9.17) is 4.98 Å². The maximum absolute atomic E-state index is 11.5. The van der Waals surface area contributed by atoms with Gasteiger partial charge >= 0.3 is 0 Å². The van der Waals surface area contributed by atoms with Crippen molar-refractivity contribution in [3.63, 3.8) is 0 Å². The van der Waals surface area contributed by atoms with E-state index in [0.717, 1.165) is 43.9 Å². The Balaban J connectivity index is 2.09. The molecule has 0 aliphatic rings. The van der Waals surface area contributed by atoms with Crippen molar-refractivity contribution in [3.8, 4) is 21.7 Å². The first-order valence-electron chi connectivity index (χ1n) is 7.51. The van der Waals surface area contributed by atoms with E-state index in [1.54, 1.807) is 11.3 Å². The molecular formula is C19H14N2OS2. The van der Waals surface area contributed by atoms with Crippen LogP contribution in [-0.2, 0) is 0 Å². The summed E-state index contributed by atoms with van der Waals surface area (Å²) < 4.78 is 0. The van der Waals surface area contributed by atoms with Gasteiger partial charge in [-0.05, 0) is 28.6 Å². The molecule has 0 aliphatic carbocycles. The molecule has 3 nitrogen and oxygen atoms in total. The van der Waals surface area contributed by atoms with Crippen molar-refractivity contribution >= 4 is 44.9 Å². The SMILES string of the molecule is CNc1c(C=O)sc2nc(-c3cccs3)cc(-c3ccccc3)c12. The summed E-state index contributed by atoms with van der Waals surface area (Å²) in [6, 6.07) is 16.4. The minimum Gasteiger partial charge on any atom is -0.386 e.